The molecule has 0 aliphatic carbocycles. The zero-order valence-corrected chi connectivity index (χ0v) is 24.5. The van der Waals surface area contributed by atoms with E-state index in [1.54, 1.807) is 37.8 Å². The molecule has 2 saturated heterocycles. The first-order chi connectivity index (χ1) is 18.8. The summed E-state index contributed by atoms with van der Waals surface area (Å²) in [5.41, 5.74) is -0.660. The number of amides is 4. The Hall–Kier alpha value is -3.21. The Bertz CT molecular complexity index is 1070. The third kappa shape index (κ3) is 8.39. The molecule has 0 unspecified atom stereocenters. The van der Waals surface area contributed by atoms with Crippen LogP contribution in [0.1, 0.15) is 64.2 Å². The monoisotopic (exact) mass is 561 g/mol. The molecule has 2 heterocycles. The van der Waals surface area contributed by atoms with Crippen LogP contribution in [0.15, 0.2) is 24.3 Å². The fraction of sp³-hybridized carbons (Fsp3) is 0.655. The molecule has 3 atom stereocenters. The van der Waals surface area contributed by atoms with E-state index < -0.39 is 35.8 Å². The molecule has 3 rings (SSSR count). The highest BCUT2D eigenvalue weighted by atomic mass is 19.1. The fourth-order valence-electron chi connectivity index (χ4n) is 5.00. The second-order valence-corrected chi connectivity index (χ2v) is 12.1. The lowest BCUT2D eigenvalue weighted by Crippen LogP contribution is -2.56. The molecule has 2 aliphatic rings. The summed E-state index contributed by atoms with van der Waals surface area (Å²) in [5.74, 6) is -1.98. The Labute approximate surface area is 236 Å². The van der Waals surface area contributed by atoms with E-state index in [1.165, 1.54) is 12.1 Å². The molecule has 4 amide bonds. The van der Waals surface area contributed by atoms with Crippen molar-refractivity contribution in [3.05, 3.63) is 29.8 Å². The summed E-state index contributed by atoms with van der Waals surface area (Å²) in [5, 5.41) is 5.31. The summed E-state index contributed by atoms with van der Waals surface area (Å²) in [6, 6.07) is 4.57. The quantitative estimate of drug-likeness (QED) is 0.478. The van der Waals surface area contributed by atoms with Gasteiger partial charge in [-0.05, 0) is 65.1 Å². The van der Waals surface area contributed by atoms with Crippen LogP contribution >= 0.6 is 0 Å². The first-order valence-electron chi connectivity index (χ1n) is 14.1. The summed E-state index contributed by atoms with van der Waals surface area (Å²) in [6.45, 7) is 12.3. The van der Waals surface area contributed by atoms with Crippen molar-refractivity contribution in [3.8, 4) is 5.75 Å². The Balaban J connectivity index is 1.74. The number of para-hydroxylation sites is 1. The van der Waals surface area contributed by atoms with Gasteiger partial charge in [0.1, 0.15) is 17.8 Å². The summed E-state index contributed by atoms with van der Waals surface area (Å²) in [4.78, 5) is 58.3. The van der Waals surface area contributed by atoms with E-state index in [1.807, 2.05) is 25.8 Å². The van der Waals surface area contributed by atoms with Crippen LogP contribution in [-0.2, 0) is 14.4 Å². The Morgan fingerprint density at radius 1 is 1.05 bits per heavy atom. The largest absolute Gasteiger partial charge is 0.451 e. The number of hydrogen-bond acceptors (Lipinski definition) is 6. The average Bonchev–Trinajstić information content (AvgIpc) is 3.37. The van der Waals surface area contributed by atoms with E-state index in [0.717, 1.165) is 13.1 Å². The number of alkyl halides is 1. The maximum Gasteiger partial charge on any atom is 0.316 e. The molecule has 222 valence electrons. The lowest BCUT2D eigenvalue weighted by molar-refractivity contribution is -0.145. The number of hydrogen-bond donors (Lipinski definition) is 2. The minimum absolute atomic E-state index is 0.00162. The van der Waals surface area contributed by atoms with E-state index in [9.17, 15) is 23.6 Å². The number of piperazine rings is 1. The van der Waals surface area contributed by atoms with Gasteiger partial charge in [-0.15, -0.1) is 0 Å². The van der Waals surface area contributed by atoms with Crippen molar-refractivity contribution < 1.29 is 28.3 Å². The molecule has 0 spiro atoms. The third-order valence-corrected chi connectivity index (χ3v) is 7.01. The van der Waals surface area contributed by atoms with Crippen molar-refractivity contribution in [2.45, 2.75) is 77.9 Å². The molecule has 1 aromatic carbocycles. The molecule has 0 radical (unpaired) electrons. The summed E-state index contributed by atoms with van der Waals surface area (Å²) in [6.07, 6.45) is -0.667. The zero-order chi connectivity index (χ0) is 29.6. The topological polar surface area (TPSA) is 111 Å². The number of nitrogens with zero attached hydrogens (tertiary/aromatic N) is 3. The van der Waals surface area contributed by atoms with Gasteiger partial charge in [0.2, 0.25) is 11.8 Å². The van der Waals surface area contributed by atoms with Crippen LogP contribution in [0, 0.1) is 5.92 Å². The van der Waals surface area contributed by atoms with Gasteiger partial charge in [-0.1, -0.05) is 26.0 Å². The van der Waals surface area contributed by atoms with Crippen molar-refractivity contribution >= 4 is 23.6 Å². The smallest absolute Gasteiger partial charge is 0.316 e. The first kappa shape index (κ1) is 31.3. The first-order valence-corrected chi connectivity index (χ1v) is 14.1. The van der Waals surface area contributed by atoms with Crippen LogP contribution in [-0.4, -0.2) is 102 Å². The van der Waals surface area contributed by atoms with Gasteiger partial charge in [0, 0.05) is 38.3 Å². The van der Waals surface area contributed by atoms with Gasteiger partial charge in [0.05, 0.1) is 5.56 Å². The SMILES string of the molecule is CC(C)C[C@@H](NC(=O)c1ccccc1O[C@H](F)C(=O)NC(C)(C)C)C(=O)N1CCC[C@@H]1C(=O)N1CCN(C)CC1. The van der Waals surface area contributed by atoms with Crippen molar-refractivity contribution in [3.63, 3.8) is 0 Å². The molecule has 10 nitrogen and oxygen atoms in total. The third-order valence-electron chi connectivity index (χ3n) is 7.01. The molecule has 0 aromatic heterocycles. The Morgan fingerprint density at radius 2 is 1.70 bits per heavy atom. The van der Waals surface area contributed by atoms with Crippen molar-refractivity contribution in [1.82, 2.24) is 25.3 Å². The molecule has 1 aromatic rings. The van der Waals surface area contributed by atoms with Crippen LogP contribution < -0.4 is 15.4 Å². The van der Waals surface area contributed by atoms with Crippen molar-refractivity contribution in [1.29, 1.82) is 0 Å². The van der Waals surface area contributed by atoms with Crippen molar-refractivity contribution in [2.24, 2.45) is 5.92 Å². The number of likely N-dealkylation sites (tertiary alicyclic amines) is 1. The van der Waals surface area contributed by atoms with Gasteiger partial charge >= 0.3 is 6.36 Å². The highest BCUT2D eigenvalue weighted by Gasteiger charge is 2.40. The standard InChI is InChI=1S/C29H44FN5O5/c1-19(2)18-21(27(38)35-13-9-11-22(35)28(39)34-16-14-33(6)15-17-34)31-25(36)20-10-7-8-12-23(20)40-24(30)26(37)32-29(3,4)5/h7-8,10,12,19,21-22,24H,9,11,13-18H2,1-6H3,(H,31,36)(H,32,37)/t21-,22-,24+/m1/s1. The summed E-state index contributed by atoms with van der Waals surface area (Å²) < 4.78 is 19.9. The van der Waals surface area contributed by atoms with E-state index in [0.29, 0.717) is 38.9 Å². The molecular weight excluding hydrogens is 517 g/mol. The van der Waals surface area contributed by atoms with Crippen LogP contribution in [0.4, 0.5) is 4.39 Å². The van der Waals surface area contributed by atoms with E-state index in [4.69, 9.17) is 4.74 Å². The minimum atomic E-state index is -2.33. The normalized spacial score (nSPS) is 19.8. The molecule has 2 aliphatic heterocycles. The Kier molecular flexibility index (Phi) is 10.5. The number of benzene rings is 1. The molecule has 2 N–H and O–H groups in total. The van der Waals surface area contributed by atoms with E-state index in [2.05, 4.69) is 15.5 Å². The fourth-order valence-corrected chi connectivity index (χ4v) is 5.00. The number of likely N-dealkylation sites (N-methyl/N-ethyl adjacent to an activating group) is 1. The lowest BCUT2D eigenvalue weighted by atomic mass is 10.0. The minimum Gasteiger partial charge on any atom is -0.451 e. The number of halogens is 1. The maximum absolute atomic E-state index is 14.7. The van der Waals surface area contributed by atoms with E-state index in [-0.39, 0.29) is 29.0 Å². The second-order valence-electron chi connectivity index (χ2n) is 12.1. The average molecular weight is 562 g/mol. The van der Waals surface area contributed by atoms with Crippen LogP contribution in [0.5, 0.6) is 5.75 Å². The predicted octanol–water partition coefficient (Wildman–Crippen LogP) is 2.19. The van der Waals surface area contributed by atoms with Crippen molar-refractivity contribution in [2.75, 3.05) is 39.8 Å². The zero-order valence-electron chi connectivity index (χ0n) is 24.5. The molecule has 0 saturated carbocycles. The van der Waals surface area contributed by atoms with Crippen LogP contribution in [0.3, 0.4) is 0 Å². The maximum atomic E-state index is 14.7. The number of nitrogens with one attached hydrogen (secondary N) is 2. The lowest BCUT2D eigenvalue weighted by Gasteiger charge is -2.36. The van der Waals surface area contributed by atoms with Gasteiger partial charge in [0.25, 0.3) is 11.8 Å². The summed E-state index contributed by atoms with van der Waals surface area (Å²) in [7, 11) is 2.02. The van der Waals surface area contributed by atoms with Gasteiger partial charge in [0.15, 0.2) is 0 Å². The van der Waals surface area contributed by atoms with Crippen LogP contribution in [0.25, 0.3) is 0 Å². The van der Waals surface area contributed by atoms with E-state index >= 15 is 0 Å². The highest BCUT2D eigenvalue weighted by molar-refractivity contribution is 6.00. The second kappa shape index (κ2) is 13.4. The molecule has 0 bridgehead atoms. The molecule has 2 fully saturated rings. The van der Waals surface area contributed by atoms with Crippen LogP contribution in [0.2, 0.25) is 0 Å². The number of rotatable bonds is 9. The molecule has 40 heavy (non-hydrogen) atoms. The molecule has 11 heteroatoms. The van der Waals surface area contributed by atoms with Gasteiger partial charge in [-0.2, -0.15) is 4.39 Å². The number of carbonyl (C=O) groups is 4. The number of ether oxygens (including phenoxy) is 1. The highest BCUT2D eigenvalue weighted by Crippen LogP contribution is 2.24. The Morgan fingerprint density at radius 3 is 2.33 bits per heavy atom. The number of carbonyl (C=O) groups excluding carboxylic acids is 4. The molecular formula is C29H44FN5O5. The van der Waals surface area contributed by atoms with Gasteiger partial charge in [-0.25, -0.2) is 0 Å². The summed E-state index contributed by atoms with van der Waals surface area (Å²) >= 11 is 0. The predicted molar refractivity (Wildman–Crippen MR) is 149 cm³/mol. The van der Waals surface area contributed by atoms with Gasteiger partial charge < -0.3 is 30.1 Å². The van der Waals surface area contributed by atoms with Gasteiger partial charge in [-0.3, -0.25) is 19.2 Å².